The largest absolute Gasteiger partial charge is 0.505 e. The number of carbonyl (C=O) groups is 1. The minimum Gasteiger partial charge on any atom is -0.462 e. The van der Waals surface area contributed by atoms with Crippen molar-refractivity contribution in [3.63, 3.8) is 0 Å². The summed E-state index contributed by atoms with van der Waals surface area (Å²) in [6, 6.07) is 4.83. The summed E-state index contributed by atoms with van der Waals surface area (Å²) in [5.41, 5.74) is -1.51. The first kappa shape index (κ1) is 15.0. The highest BCUT2D eigenvalue weighted by atomic mass is 19.4. The standard InChI is InChI=1S/C13H10F4N2O2/c1-2-21-12(20)9-7-18-19(13(15,16)17)11(9)8-5-3-4-6-10(8)14/h3-7H,2H2,1H3. The molecule has 0 radical (unpaired) electrons. The molecule has 1 heterocycles. The molecule has 0 fully saturated rings. The Labute approximate surface area is 116 Å². The van der Waals surface area contributed by atoms with E-state index >= 15 is 0 Å². The van der Waals surface area contributed by atoms with Crippen molar-refractivity contribution in [2.45, 2.75) is 13.2 Å². The monoisotopic (exact) mass is 302 g/mol. The summed E-state index contributed by atoms with van der Waals surface area (Å²) in [7, 11) is 0. The van der Waals surface area contributed by atoms with Crippen molar-refractivity contribution in [2.75, 3.05) is 6.61 Å². The van der Waals surface area contributed by atoms with E-state index in [2.05, 4.69) is 9.84 Å². The van der Waals surface area contributed by atoms with Gasteiger partial charge >= 0.3 is 12.3 Å². The molecule has 0 bridgehead atoms. The second kappa shape index (κ2) is 5.55. The summed E-state index contributed by atoms with van der Waals surface area (Å²) < 4.78 is 57.0. The van der Waals surface area contributed by atoms with Crippen LogP contribution in [0.2, 0.25) is 0 Å². The first-order valence-electron chi connectivity index (χ1n) is 5.93. The van der Waals surface area contributed by atoms with E-state index in [0.29, 0.717) is 6.20 Å². The van der Waals surface area contributed by atoms with E-state index in [4.69, 9.17) is 0 Å². The maximum Gasteiger partial charge on any atom is 0.505 e. The number of rotatable bonds is 3. The molecule has 0 saturated carbocycles. The van der Waals surface area contributed by atoms with Gasteiger partial charge in [-0.1, -0.05) is 12.1 Å². The molecule has 2 aromatic rings. The Kier molecular flexibility index (Phi) is 3.97. The van der Waals surface area contributed by atoms with Gasteiger partial charge in [0.2, 0.25) is 0 Å². The van der Waals surface area contributed by atoms with E-state index in [0.717, 1.165) is 12.1 Å². The molecule has 0 N–H and O–H groups in total. The SMILES string of the molecule is CCOC(=O)c1cnn(C(F)(F)F)c1-c1ccccc1F. The molecule has 0 unspecified atom stereocenters. The molecule has 0 aliphatic rings. The normalized spacial score (nSPS) is 11.5. The van der Waals surface area contributed by atoms with Crippen molar-refractivity contribution in [3.8, 4) is 11.3 Å². The molecule has 8 heteroatoms. The minimum absolute atomic E-state index is 0.0211. The Morgan fingerprint density at radius 2 is 2.00 bits per heavy atom. The number of nitrogens with zero attached hydrogens (tertiary/aromatic N) is 2. The molecular formula is C13H10F4N2O2. The Bertz CT molecular complexity index is 664. The van der Waals surface area contributed by atoms with Crippen LogP contribution >= 0.6 is 0 Å². The van der Waals surface area contributed by atoms with Crippen LogP contribution in [-0.4, -0.2) is 22.4 Å². The van der Waals surface area contributed by atoms with Crippen LogP contribution in [0.1, 0.15) is 17.3 Å². The number of benzene rings is 1. The summed E-state index contributed by atoms with van der Waals surface area (Å²) in [6.07, 6.45) is -4.17. The van der Waals surface area contributed by atoms with Gasteiger partial charge in [0, 0.05) is 5.56 Å². The van der Waals surface area contributed by atoms with Gasteiger partial charge in [0.15, 0.2) is 0 Å². The summed E-state index contributed by atoms with van der Waals surface area (Å²) >= 11 is 0. The van der Waals surface area contributed by atoms with Gasteiger partial charge in [0.25, 0.3) is 0 Å². The molecule has 112 valence electrons. The lowest BCUT2D eigenvalue weighted by molar-refractivity contribution is -0.211. The van der Waals surface area contributed by atoms with Crippen LogP contribution in [0.3, 0.4) is 0 Å². The molecule has 0 aliphatic heterocycles. The summed E-state index contributed by atoms with van der Waals surface area (Å²) in [4.78, 5) is 11.7. The fourth-order valence-corrected chi connectivity index (χ4v) is 1.81. The number of esters is 1. The van der Waals surface area contributed by atoms with Crippen molar-refractivity contribution in [2.24, 2.45) is 0 Å². The molecule has 4 nitrogen and oxygen atoms in total. The number of hydrogen-bond acceptors (Lipinski definition) is 3. The number of alkyl halides is 3. The lowest BCUT2D eigenvalue weighted by Gasteiger charge is -2.12. The van der Waals surface area contributed by atoms with E-state index in [1.165, 1.54) is 19.1 Å². The highest BCUT2D eigenvalue weighted by Gasteiger charge is 2.37. The third-order valence-electron chi connectivity index (χ3n) is 2.63. The van der Waals surface area contributed by atoms with Crippen molar-refractivity contribution >= 4 is 5.97 Å². The fourth-order valence-electron chi connectivity index (χ4n) is 1.81. The van der Waals surface area contributed by atoms with Crippen LogP contribution in [-0.2, 0) is 11.0 Å². The predicted octanol–water partition coefficient (Wildman–Crippen LogP) is 3.34. The summed E-state index contributed by atoms with van der Waals surface area (Å²) in [5, 5.41) is 3.13. The summed E-state index contributed by atoms with van der Waals surface area (Å²) in [5.74, 6) is -1.89. The molecule has 0 aliphatic carbocycles. The number of halogens is 4. The van der Waals surface area contributed by atoms with Crippen molar-refractivity contribution < 1.29 is 27.1 Å². The molecule has 0 spiro atoms. The first-order valence-corrected chi connectivity index (χ1v) is 5.93. The minimum atomic E-state index is -4.89. The Morgan fingerprint density at radius 1 is 1.33 bits per heavy atom. The van der Waals surface area contributed by atoms with Crippen LogP contribution in [0.4, 0.5) is 17.6 Å². The quantitative estimate of drug-likeness (QED) is 0.645. The molecule has 1 aromatic heterocycles. The number of aromatic nitrogens is 2. The number of carbonyl (C=O) groups excluding carboxylic acids is 1. The molecule has 0 amide bonds. The lowest BCUT2D eigenvalue weighted by atomic mass is 10.1. The van der Waals surface area contributed by atoms with E-state index in [1.807, 2.05) is 0 Å². The second-order valence-electron chi connectivity index (χ2n) is 3.99. The smallest absolute Gasteiger partial charge is 0.462 e. The zero-order valence-electron chi connectivity index (χ0n) is 10.8. The van der Waals surface area contributed by atoms with E-state index in [-0.39, 0.29) is 16.9 Å². The van der Waals surface area contributed by atoms with E-state index in [9.17, 15) is 22.4 Å². The van der Waals surface area contributed by atoms with Crippen molar-refractivity contribution in [1.29, 1.82) is 0 Å². The average Bonchev–Trinajstić information content (AvgIpc) is 2.84. The molecule has 21 heavy (non-hydrogen) atoms. The Balaban J connectivity index is 2.68. The first-order chi connectivity index (χ1) is 9.86. The van der Waals surface area contributed by atoms with Gasteiger partial charge in [0.1, 0.15) is 11.4 Å². The highest BCUT2D eigenvalue weighted by Crippen LogP contribution is 2.33. The van der Waals surface area contributed by atoms with Gasteiger partial charge in [-0.05, 0) is 19.1 Å². The van der Waals surface area contributed by atoms with Crippen LogP contribution in [0, 0.1) is 5.82 Å². The Hall–Kier alpha value is -2.38. The second-order valence-corrected chi connectivity index (χ2v) is 3.99. The number of hydrogen-bond donors (Lipinski definition) is 0. The van der Waals surface area contributed by atoms with Gasteiger partial charge in [-0.15, -0.1) is 13.2 Å². The van der Waals surface area contributed by atoms with Gasteiger partial charge in [-0.3, -0.25) is 0 Å². The third-order valence-corrected chi connectivity index (χ3v) is 2.63. The summed E-state index contributed by atoms with van der Waals surface area (Å²) in [6.45, 7) is 1.49. The number of ether oxygens (including phenoxy) is 1. The van der Waals surface area contributed by atoms with E-state index < -0.39 is 29.3 Å². The van der Waals surface area contributed by atoms with Crippen molar-refractivity contribution in [1.82, 2.24) is 9.78 Å². The lowest BCUT2D eigenvalue weighted by Crippen LogP contribution is -2.20. The van der Waals surface area contributed by atoms with Gasteiger partial charge in [0.05, 0.1) is 18.5 Å². The van der Waals surface area contributed by atoms with Gasteiger partial charge in [-0.25, -0.2) is 9.18 Å². The maximum atomic E-state index is 13.8. The zero-order valence-corrected chi connectivity index (χ0v) is 10.8. The van der Waals surface area contributed by atoms with Gasteiger partial charge in [-0.2, -0.15) is 9.78 Å². The average molecular weight is 302 g/mol. The molecular weight excluding hydrogens is 292 g/mol. The zero-order chi connectivity index (χ0) is 15.6. The van der Waals surface area contributed by atoms with Crippen LogP contribution in [0.25, 0.3) is 11.3 Å². The Morgan fingerprint density at radius 3 is 2.57 bits per heavy atom. The fraction of sp³-hybridized carbons (Fsp3) is 0.231. The van der Waals surface area contributed by atoms with Gasteiger partial charge < -0.3 is 4.74 Å². The van der Waals surface area contributed by atoms with Crippen LogP contribution in [0.15, 0.2) is 30.5 Å². The van der Waals surface area contributed by atoms with Crippen LogP contribution < -0.4 is 0 Å². The molecule has 2 rings (SSSR count). The molecule has 1 aromatic carbocycles. The molecule has 0 saturated heterocycles. The highest BCUT2D eigenvalue weighted by molar-refractivity contribution is 5.96. The maximum absolute atomic E-state index is 13.8. The van der Waals surface area contributed by atoms with E-state index in [1.54, 1.807) is 0 Å². The van der Waals surface area contributed by atoms with Crippen molar-refractivity contribution in [3.05, 3.63) is 41.8 Å². The third kappa shape index (κ3) is 2.88. The topological polar surface area (TPSA) is 44.1 Å². The predicted molar refractivity (Wildman–Crippen MR) is 64.9 cm³/mol. The molecule has 0 atom stereocenters. The van der Waals surface area contributed by atoms with Crippen LogP contribution in [0.5, 0.6) is 0 Å².